The van der Waals surface area contributed by atoms with Crippen molar-refractivity contribution in [3.8, 4) is 0 Å². The molecule has 0 amide bonds. The van der Waals surface area contributed by atoms with E-state index >= 15 is 0 Å². The number of aliphatic hydroxyl groups excluding tert-OH is 1. The molecule has 3 nitrogen and oxygen atoms in total. The van der Waals surface area contributed by atoms with Crippen LogP contribution in [0.3, 0.4) is 0 Å². The van der Waals surface area contributed by atoms with Crippen molar-refractivity contribution in [2.75, 3.05) is 0 Å². The van der Waals surface area contributed by atoms with Crippen LogP contribution in [0.4, 0.5) is 0 Å². The van der Waals surface area contributed by atoms with Crippen molar-refractivity contribution in [1.29, 1.82) is 0 Å². The van der Waals surface area contributed by atoms with Gasteiger partial charge in [-0.25, -0.2) is 0 Å². The van der Waals surface area contributed by atoms with E-state index < -0.39 is 11.7 Å². The fourth-order valence-corrected chi connectivity index (χ4v) is 7.30. The zero-order chi connectivity index (χ0) is 17.3. The Bertz CT molecular complexity index is 594. The minimum absolute atomic E-state index is 0.162. The second-order valence-electron chi connectivity index (χ2n) is 9.56. The molecule has 4 aliphatic rings. The Balaban J connectivity index is 1.69. The van der Waals surface area contributed by atoms with E-state index in [-0.39, 0.29) is 10.8 Å². The molecule has 0 aliphatic heterocycles. The summed E-state index contributed by atoms with van der Waals surface area (Å²) in [6.07, 6.45) is 9.07. The van der Waals surface area contributed by atoms with Crippen LogP contribution in [0.25, 0.3) is 0 Å². The molecule has 0 bridgehead atoms. The predicted octanol–water partition coefficient (Wildman–Crippen LogP) is 3.63. The lowest BCUT2D eigenvalue weighted by molar-refractivity contribution is -0.171. The van der Waals surface area contributed by atoms with Crippen molar-refractivity contribution in [3.63, 3.8) is 0 Å². The first kappa shape index (κ1) is 16.8. The third-order valence-corrected chi connectivity index (χ3v) is 8.87. The van der Waals surface area contributed by atoms with Crippen LogP contribution in [0.5, 0.6) is 0 Å². The molecule has 3 unspecified atom stereocenters. The summed E-state index contributed by atoms with van der Waals surface area (Å²) in [5.74, 6) is 2.09. The first-order valence-electron chi connectivity index (χ1n) is 9.87. The highest BCUT2D eigenvalue weighted by Gasteiger charge is 2.65. The lowest BCUT2D eigenvalue weighted by Crippen LogP contribution is -2.58. The van der Waals surface area contributed by atoms with E-state index in [0.717, 1.165) is 44.9 Å². The summed E-state index contributed by atoms with van der Waals surface area (Å²) in [5, 5.41) is 21.5. The van der Waals surface area contributed by atoms with Crippen LogP contribution in [0.15, 0.2) is 11.6 Å². The SMILES string of the molecule is C[C@@H](O)[C@]1(O)CCC2C3CCC4=CC(=O)CC[C@]4(C)C3CC[C@@]21C. The molecule has 7 atom stereocenters. The summed E-state index contributed by atoms with van der Waals surface area (Å²) < 4.78 is 0. The molecule has 0 radical (unpaired) electrons. The van der Waals surface area contributed by atoms with Crippen LogP contribution in [0.1, 0.15) is 72.1 Å². The van der Waals surface area contributed by atoms with Gasteiger partial charge in [-0.15, -0.1) is 0 Å². The molecular weight excluding hydrogens is 300 g/mol. The maximum atomic E-state index is 11.9. The van der Waals surface area contributed by atoms with Gasteiger partial charge in [-0.05, 0) is 81.1 Å². The Labute approximate surface area is 145 Å². The van der Waals surface area contributed by atoms with Gasteiger partial charge < -0.3 is 10.2 Å². The number of hydrogen-bond donors (Lipinski definition) is 2. The highest BCUT2D eigenvalue weighted by Crippen LogP contribution is 2.67. The largest absolute Gasteiger partial charge is 0.390 e. The second-order valence-corrected chi connectivity index (χ2v) is 9.56. The van der Waals surface area contributed by atoms with E-state index in [0.29, 0.717) is 30.0 Å². The van der Waals surface area contributed by atoms with Gasteiger partial charge in [0.25, 0.3) is 0 Å². The number of hydrogen-bond acceptors (Lipinski definition) is 3. The van der Waals surface area contributed by atoms with Crippen molar-refractivity contribution in [3.05, 3.63) is 11.6 Å². The zero-order valence-electron chi connectivity index (χ0n) is 15.3. The number of ketones is 1. The molecule has 0 aromatic heterocycles. The monoisotopic (exact) mass is 332 g/mol. The van der Waals surface area contributed by atoms with Crippen LogP contribution in [0, 0.1) is 28.6 Å². The summed E-state index contributed by atoms with van der Waals surface area (Å²) in [7, 11) is 0. The van der Waals surface area contributed by atoms with Gasteiger partial charge in [0.1, 0.15) is 0 Å². The van der Waals surface area contributed by atoms with Gasteiger partial charge in [-0.1, -0.05) is 19.4 Å². The Morgan fingerprint density at radius 2 is 1.79 bits per heavy atom. The van der Waals surface area contributed by atoms with Gasteiger partial charge in [-0.2, -0.15) is 0 Å². The smallest absolute Gasteiger partial charge is 0.155 e. The Morgan fingerprint density at radius 3 is 2.50 bits per heavy atom. The lowest BCUT2D eigenvalue weighted by Gasteiger charge is -2.59. The molecule has 3 saturated carbocycles. The minimum atomic E-state index is -0.928. The van der Waals surface area contributed by atoms with Crippen LogP contribution >= 0.6 is 0 Å². The highest BCUT2D eigenvalue weighted by molar-refractivity contribution is 5.91. The fraction of sp³-hybridized carbons (Fsp3) is 0.857. The van der Waals surface area contributed by atoms with E-state index in [4.69, 9.17) is 0 Å². The summed E-state index contributed by atoms with van der Waals surface area (Å²) in [5.41, 5.74) is 0.489. The fourth-order valence-electron chi connectivity index (χ4n) is 7.30. The molecule has 3 fully saturated rings. The van der Waals surface area contributed by atoms with Crippen molar-refractivity contribution in [2.45, 2.75) is 83.8 Å². The van der Waals surface area contributed by atoms with Gasteiger partial charge in [0.2, 0.25) is 0 Å². The summed E-state index contributed by atoms with van der Waals surface area (Å²) >= 11 is 0. The highest BCUT2D eigenvalue weighted by atomic mass is 16.3. The summed E-state index contributed by atoms with van der Waals surface area (Å²) in [4.78, 5) is 11.9. The van der Waals surface area contributed by atoms with Gasteiger partial charge in [-0.3, -0.25) is 4.79 Å². The van der Waals surface area contributed by atoms with E-state index in [1.165, 1.54) is 5.57 Å². The standard InChI is InChI=1S/C21H32O3/c1-13(22)21(24)11-8-18-16-5-4-14-12-15(23)6-9-19(14,2)17(16)7-10-20(18,21)3/h12-13,16-18,22,24H,4-11H2,1-3H3/t13-,16?,17?,18?,19+,20+,21-/m1/s1. The van der Waals surface area contributed by atoms with E-state index in [1.54, 1.807) is 6.92 Å². The summed E-state index contributed by atoms with van der Waals surface area (Å²) in [6.45, 7) is 6.38. The maximum absolute atomic E-state index is 11.9. The first-order valence-corrected chi connectivity index (χ1v) is 9.87. The molecular formula is C21H32O3. The van der Waals surface area contributed by atoms with Crippen molar-refractivity contribution >= 4 is 5.78 Å². The van der Waals surface area contributed by atoms with Gasteiger partial charge >= 0.3 is 0 Å². The van der Waals surface area contributed by atoms with Crippen LogP contribution in [0.2, 0.25) is 0 Å². The molecule has 3 heteroatoms. The van der Waals surface area contributed by atoms with Crippen LogP contribution in [-0.2, 0) is 4.79 Å². The first-order chi connectivity index (χ1) is 11.2. The van der Waals surface area contributed by atoms with Crippen molar-refractivity contribution in [2.24, 2.45) is 28.6 Å². The topological polar surface area (TPSA) is 57.5 Å². The maximum Gasteiger partial charge on any atom is 0.155 e. The molecule has 0 aromatic rings. The Morgan fingerprint density at radius 1 is 1.08 bits per heavy atom. The average Bonchev–Trinajstić information content (AvgIpc) is 2.81. The number of rotatable bonds is 1. The van der Waals surface area contributed by atoms with Crippen LogP contribution in [-0.4, -0.2) is 27.7 Å². The van der Waals surface area contributed by atoms with Crippen molar-refractivity contribution < 1.29 is 15.0 Å². The molecule has 24 heavy (non-hydrogen) atoms. The molecule has 0 saturated heterocycles. The quantitative estimate of drug-likeness (QED) is 0.771. The predicted molar refractivity (Wildman–Crippen MR) is 93.3 cm³/mol. The van der Waals surface area contributed by atoms with E-state index in [2.05, 4.69) is 13.8 Å². The molecule has 134 valence electrons. The third kappa shape index (κ3) is 1.94. The average molecular weight is 332 g/mol. The molecule has 4 rings (SSSR count). The minimum Gasteiger partial charge on any atom is -0.390 e. The zero-order valence-corrected chi connectivity index (χ0v) is 15.3. The molecule has 0 spiro atoms. The van der Waals surface area contributed by atoms with Gasteiger partial charge in [0, 0.05) is 11.8 Å². The van der Waals surface area contributed by atoms with Gasteiger partial charge in [0.05, 0.1) is 11.7 Å². The number of carbonyl (C=O) groups is 1. The lowest BCUT2D eigenvalue weighted by atomic mass is 9.46. The summed E-state index contributed by atoms with van der Waals surface area (Å²) in [6, 6.07) is 0. The number of allylic oxidation sites excluding steroid dienone is 1. The number of fused-ring (bicyclic) bond motifs is 5. The molecule has 0 heterocycles. The Hall–Kier alpha value is -0.670. The molecule has 2 N–H and O–H groups in total. The Kier molecular flexibility index (Phi) is 3.61. The van der Waals surface area contributed by atoms with Crippen molar-refractivity contribution in [1.82, 2.24) is 0 Å². The molecule has 4 aliphatic carbocycles. The number of aliphatic hydroxyl groups is 2. The van der Waals surface area contributed by atoms with E-state index in [1.807, 2.05) is 6.08 Å². The van der Waals surface area contributed by atoms with E-state index in [9.17, 15) is 15.0 Å². The normalized spacial score (nSPS) is 52.1. The van der Waals surface area contributed by atoms with Crippen LogP contribution < -0.4 is 0 Å². The second kappa shape index (κ2) is 5.17. The van der Waals surface area contributed by atoms with Gasteiger partial charge in [0.15, 0.2) is 5.78 Å². The third-order valence-electron chi connectivity index (χ3n) is 8.87. The molecule has 0 aromatic carbocycles. The number of carbonyl (C=O) groups excluding carboxylic acids is 1.